The van der Waals surface area contributed by atoms with E-state index in [0.717, 1.165) is 38.4 Å². The predicted molar refractivity (Wildman–Crippen MR) is 109 cm³/mol. The molecule has 1 unspecified atom stereocenters. The number of hydrogen-bond donors (Lipinski definition) is 1. The molecule has 1 fully saturated rings. The van der Waals surface area contributed by atoms with Crippen LogP contribution < -0.4 is 5.32 Å². The van der Waals surface area contributed by atoms with Crippen molar-refractivity contribution >= 4 is 15.8 Å². The summed E-state index contributed by atoms with van der Waals surface area (Å²) in [7, 11) is -3.14. The first kappa shape index (κ1) is 20.7. The molecule has 1 saturated heterocycles. The summed E-state index contributed by atoms with van der Waals surface area (Å²) >= 11 is 0. The number of sulfone groups is 1. The Morgan fingerprint density at radius 2 is 1.96 bits per heavy atom. The summed E-state index contributed by atoms with van der Waals surface area (Å²) < 4.78 is 23.8. The average molecular weight is 380 g/mol. The first-order valence-corrected chi connectivity index (χ1v) is 11.2. The van der Waals surface area contributed by atoms with Crippen molar-refractivity contribution in [3.63, 3.8) is 0 Å². The highest BCUT2D eigenvalue weighted by Crippen LogP contribution is 2.21. The van der Waals surface area contributed by atoms with E-state index in [1.165, 1.54) is 5.56 Å². The van der Waals surface area contributed by atoms with Crippen LogP contribution >= 0.6 is 0 Å². The van der Waals surface area contributed by atoms with Gasteiger partial charge in [-0.3, -0.25) is 4.99 Å². The minimum Gasteiger partial charge on any atom is -0.357 e. The zero-order valence-corrected chi connectivity index (χ0v) is 17.3. The standard InChI is InChI=1S/C20H33N3O2S/c1-5-21-19(22-12-14-26(24,25)20(2,3)4)23-13-11-18(16-23)15-17-9-7-6-8-10-17/h6-10,18H,5,11-16H2,1-4H3,(H,21,22). The van der Waals surface area contributed by atoms with Crippen molar-refractivity contribution in [3.05, 3.63) is 35.9 Å². The maximum absolute atomic E-state index is 12.3. The van der Waals surface area contributed by atoms with E-state index in [4.69, 9.17) is 0 Å². The Bertz CT molecular complexity index is 694. The molecule has 0 spiro atoms. The molecule has 1 aliphatic rings. The quantitative estimate of drug-likeness (QED) is 0.610. The highest BCUT2D eigenvalue weighted by Gasteiger charge is 2.29. The molecule has 0 saturated carbocycles. The van der Waals surface area contributed by atoms with Gasteiger partial charge in [-0.1, -0.05) is 30.3 Å². The summed E-state index contributed by atoms with van der Waals surface area (Å²) in [6, 6.07) is 10.6. The lowest BCUT2D eigenvalue weighted by Gasteiger charge is -2.22. The lowest BCUT2D eigenvalue weighted by molar-refractivity contribution is 0.460. The van der Waals surface area contributed by atoms with Crippen LogP contribution in [0, 0.1) is 5.92 Å². The summed E-state index contributed by atoms with van der Waals surface area (Å²) in [5.74, 6) is 1.54. The van der Waals surface area contributed by atoms with E-state index in [0.29, 0.717) is 12.5 Å². The van der Waals surface area contributed by atoms with E-state index in [9.17, 15) is 8.42 Å². The van der Waals surface area contributed by atoms with Gasteiger partial charge < -0.3 is 10.2 Å². The first-order valence-electron chi connectivity index (χ1n) is 9.52. The molecule has 1 N–H and O–H groups in total. The molecule has 1 aliphatic heterocycles. The lowest BCUT2D eigenvalue weighted by Crippen LogP contribution is -2.40. The summed E-state index contributed by atoms with van der Waals surface area (Å²) in [5.41, 5.74) is 1.37. The third-order valence-corrected chi connectivity index (χ3v) is 7.43. The second-order valence-corrected chi connectivity index (χ2v) is 10.8. The van der Waals surface area contributed by atoms with Crippen molar-refractivity contribution in [3.8, 4) is 0 Å². The van der Waals surface area contributed by atoms with Gasteiger partial charge in [-0.25, -0.2) is 8.42 Å². The van der Waals surface area contributed by atoms with Gasteiger partial charge >= 0.3 is 0 Å². The van der Waals surface area contributed by atoms with Crippen molar-refractivity contribution in [1.29, 1.82) is 0 Å². The summed E-state index contributed by atoms with van der Waals surface area (Å²) in [5, 5.41) is 3.32. The largest absolute Gasteiger partial charge is 0.357 e. The maximum atomic E-state index is 12.3. The summed E-state index contributed by atoms with van der Waals surface area (Å²) in [4.78, 5) is 6.85. The van der Waals surface area contributed by atoms with Crippen LogP contribution in [0.2, 0.25) is 0 Å². The molecule has 1 atom stereocenters. The molecular formula is C20H33N3O2S. The molecule has 0 bridgehead atoms. The van der Waals surface area contributed by atoms with Crippen LogP contribution in [0.3, 0.4) is 0 Å². The zero-order valence-electron chi connectivity index (χ0n) is 16.5. The minimum atomic E-state index is -3.14. The summed E-state index contributed by atoms with van der Waals surface area (Å²) in [6.45, 7) is 10.3. The third-order valence-electron chi connectivity index (χ3n) is 4.84. The van der Waals surface area contributed by atoms with Crippen molar-refractivity contribution in [2.75, 3.05) is 31.9 Å². The van der Waals surface area contributed by atoms with Crippen molar-refractivity contribution in [2.45, 2.75) is 45.3 Å². The Morgan fingerprint density at radius 3 is 2.58 bits per heavy atom. The Kier molecular flexibility index (Phi) is 7.09. The van der Waals surface area contributed by atoms with Crippen LogP contribution in [0.5, 0.6) is 0 Å². The molecule has 1 aromatic carbocycles. The van der Waals surface area contributed by atoms with Gasteiger partial charge in [-0.2, -0.15) is 0 Å². The van der Waals surface area contributed by atoms with Crippen LogP contribution in [0.4, 0.5) is 0 Å². The van der Waals surface area contributed by atoms with Gasteiger partial charge in [-0.05, 0) is 52.0 Å². The highest BCUT2D eigenvalue weighted by molar-refractivity contribution is 7.92. The molecule has 0 aliphatic carbocycles. The number of hydrogen-bond acceptors (Lipinski definition) is 3. The molecule has 0 amide bonds. The van der Waals surface area contributed by atoms with E-state index in [1.807, 2.05) is 13.0 Å². The minimum absolute atomic E-state index is 0.0900. The smallest absolute Gasteiger partial charge is 0.193 e. The molecule has 2 rings (SSSR count). The molecular weight excluding hydrogens is 346 g/mol. The second kappa shape index (κ2) is 8.89. The Morgan fingerprint density at radius 1 is 1.27 bits per heavy atom. The fourth-order valence-corrected chi connectivity index (χ4v) is 4.09. The number of nitrogens with zero attached hydrogens (tertiary/aromatic N) is 2. The van der Waals surface area contributed by atoms with Crippen molar-refractivity contribution < 1.29 is 8.42 Å². The topological polar surface area (TPSA) is 61.8 Å². The van der Waals surface area contributed by atoms with E-state index in [1.54, 1.807) is 20.8 Å². The summed E-state index contributed by atoms with van der Waals surface area (Å²) in [6.07, 6.45) is 2.22. The molecule has 1 heterocycles. The van der Waals surface area contributed by atoms with Gasteiger partial charge in [-0.15, -0.1) is 0 Å². The van der Waals surface area contributed by atoms with Crippen molar-refractivity contribution in [1.82, 2.24) is 10.2 Å². The number of guanidine groups is 1. The van der Waals surface area contributed by atoms with Crippen LogP contribution in [0.25, 0.3) is 0 Å². The lowest BCUT2D eigenvalue weighted by atomic mass is 9.99. The normalized spacial score (nSPS) is 19.0. The number of nitrogens with one attached hydrogen (secondary N) is 1. The van der Waals surface area contributed by atoms with E-state index < -0.39 is 14.6 Å². The van der Waals surface area contributed by atoms with Gasteiger partial charge in [0.2, 0.25) is 0 Å². The monoisotopic (exact) mass is 379 g/mol. The van der Waals surface area contributed by atoms with Crippen LogP contribution in [-0.4, -0.2) is 56.0 Å². The maximum Gasteiger partial charge on any atom is 0.193 e. The molecule has 26 heavy (non-hydrogen) atoms. The molecule has 1 aromatic rings. The Labute approximate surface area is 158 Å². The van der Waals surface area contributed by atoms with E-state index in [-0.39, 0.29) is 5.75 Å². The molecule has 6 heteroatoms. The highest BCUT2D eigenvalue weighted by atomic mass is 32.2. The van der Waals surface area contributed by atoms with Crippen LogP contribution in [0.1, 0.15) is 39.7 Å². The van der Waals surface area contributed by atoms with E-state index in [2.05, 4.69) is 39.5 Å². The fraction of sp³-hybridized carbons (Fsp3) is 0.650. The number of likely N-dealkylation sites (tertiary alicyclic amines) is 1. The van der Waals surface area contributed by atoms with E-state index >= 15 is 0 Å². The number of benzene rings is 1. The molecule has 0 radical (unpaired) electrons. The van der Waals surface area contributed by atoms with Crippen molar-refractivity contribution in [2.24, 2.45) is 10.9 Å². The van der Waals surface area contributed by atoms with Gasteiger partial charge in [0.15, 0.2) is 15.8 Å². The molecule has 146 valence electrons. The Balaban J connectivity index is 1.95. The fourth-order valence-electron chi connectivity index (χ4n) is 3.14. The molecule has 0 aromatic heterocycles. The Hall–Kier alpha value is -1.56. The predicted octanol–water partition coefficient (Wildman–Crippen LogP) is 2.73. The van der Waals surface area contributed by atoms with Gasteiger partial charge in [0.1, 0.15) is 0 Å². The van der Waals surface area contributed by atoms with Crippen LogP contribution in [0.15, 0.2) is 35.3 Å². The van der Waals surface area contributed by atoms with Gasteiger partial charge in [0.25, 0.3) is 0 Å². The van der Waals surface area contributed by atoms with Crippen LogP contribution in [-0.2, 0) is 16.3 Å². The SMILES string of the molecule is CCNC(=NCCS(=O)(=O)C(C)(C)C)N1CCC(Cc2ccccc2)C1. The molecule has 5 nitrogen and oxygen atoms in total. The zero-order chi connectivity index (χ0) is 19.2. The van der Waals surface area contributed by atoms with Gasteiger partial charge in [0.05, 0.1) is 17.0 Å². The first-order chi connectivity index (χ1) is 12.2. The second-order valence-electron chi connectivity index (χ2n) is 7.96. The number of aliphatic imine (C=N–C) groups is 1. The number of rotatable bonds is 6. The van der Waals surface area contributed by atoms with Gasteiger partial charge in [0, 0.05) is 19.6 Å². The average Bonchev–Trinajstić information content (AvgIpc) is 3.02. The third kappa shape index (κ3) is 5.73.